The molecule has 25 heavy (non-hydrogen) atoms. The molecule has 1 aromatic rings. The zero-order valence-electron chi connectivity index (χ0n) is 15.9. The number of nitrogens with zero attached hydrogens (tertiary/aromatic N) is 1. The Balaban J connectivity index is 2.21. The van der Waals surface area contributed by atoms with Gasteiger partial charge in [0.1, 0.15) is 0 Å². The minimum Gasteiger partial charge on any atom is -0.356 e. The van der Waals surface area contributed by atoms with Gasteiger partial charge in [0.2, 0.25) is 15.9 Å². The minimum absolute atomic E-state index is 0.0362. The second kappa shape index (κ2) is 7.87. The smallest absolute Gasteiger partial charge is 0.243 e. The highest BCUT2D eigenvalue weighted by Gasteiger charge is 2.34. The van der Waals surface area contributed by atoms with Crippen molar-refractivity contribution >= 4 is 15.9 Å². The summed E-state index contributed by atoms with van der Waals surface area (Å²) in [4.78, 5) is 12.7. The predicted molar refractivity (Wildman–Crippen MR) is 100.0 cm³/mol. The molecule has 140 valence electrons. The van der Waals surface area contributed by atoms with Crippen LogP contribution in [0.25, 0.3) is 0 Å². The van der Waals surface area contributed by atoms with Gasteiger partial charge in [0.25, 0.3) is 0 Å². The molecule has 6 heteroatoms. The summed E-state index contributed by atoms with van der Waals surface area (Å²) in [6.07, 6.45) is 1.45. The second-order valence-corrected chi connectivity index (χ2v) is 9.44. The number of hydrogen-bond donors (Lipinski definition) is 1. The lowest BCUT2D eigenvalue weighted by molar-refractivity contribution is -0.126. The van der Waals surface area contributed by atoms with Crippen molar-refractivity contribution in [3.05, 3.63) is 28.8 Å². The summed E-state index contributed by atoms with van der Waals surface area (Å²) in [7, 11) is -3.58. The SMILES string of the molecule is Cc1cc(C)c(S(=O)(=O)N2CCC[C@H](C(=O)NCC(C)C)C2)c(C)c1. The molecule has 0 aliphatic carbocycles. The van der Waals surface area contributed by atoms with E-state index in [0.29, 0.717) is 30.3 Å². The van der Waals surface area contributed by atoms with Gasteiger partial charge in [-0.15, -0.1) is 0 Å². The number of amides is 1. The van der Waals surface area contributed by atoms with Crippen LogP contribution in [-0.2, 0) is 14.8 Å². The molecule has 0 aromatic heterocycles. The molecular formula is C19H30N2O3S. The summed E-state index contributed by atoms with van der Waals surface area (Å²) in [6, 6.07) is 3.80. The molecule has 1 fully saturated rings. The van der Waals surface area contributed by atoms with Gasteiger partial charge in [0.05, 0.1) is 10.8 Å². The monoisotopic (exact) mass is 366 g/mol. The van der Waals surface area contributed by atoms with Crippen LogP contribution < -0.4 is 5.32 Å². The Hall–Kier alpha value is -1.40. The summed E-state index contributed by atoms with van der Waals surface area (Å²) in [5, 5.41) is 2.93. The molecule has 5 nitrogen and oxygen atoms in total. The lowest BCUT2D eigenvalue weighted by Crippen LogP contribution is -2.46. The Morgan fingerprint density at radius 1 is 1.24 bits per heavy atom. The van der Waals surface area contributed by atoms with Crippen molar-refractivity contribution in [2.45, 2.75) is 52.4 Å². The van der Waals surface area contributed by atoms with Gasteiger partial charge in [-0.3, -0.25) is 4.79 Å². The van der Waals surface area contributed by atoms with Crippen molar-refractivity contribution in [1.82, 2.24) is 9.62 Å². The summed E-state index contributed by atoms with van der Waals surface area (Å²) >= 11 is 0. The lowest BCUT2D eigenvalue weighted by atomic mass is 9.98. The predicted octanol–water partition coefficient (Wildman–Crippen LogP) is 2.78. The van der Waals surface area contributed by atoms with E-state index >= 15 is 0 Å². The topological polar surface area (TPSA) is 66.5 Å². The maximum absolute atomic E-state index is 13.2. The maximum atomic E-state index is 13.2. The fourth-order valence-corrected chi connectivity index (χ4v) is 5.46. The Labute approximate surface area is 151 Å². The highest BCUT2D eigenvalue weighted by molar-refractivity contribution is 7.89. The summed E-state index contributed by atoms with van der Waals surface area (Å²) in [5.74, 6) is 0.0736. The minimum atomic E-state index is -3.58. The normalized spacial score (nSPS) is 19.2. The van der Waals surface area contributed by atoms with Crippen molar-refractivity contribution < 1.29 is 13.2 Å². The Bertz CT molecular complexity index is 718. The van der Waals surface area contributed by atoms with E-state index in [1.165, 1.54) is 4.31 Å². The third-order valence-electron chi connectivity index (χ3n) is 4.64. The fourth-order valence-electron chi connectivity index (χ4n) is 3.53. The number of aryl methyl sites for hydroxylation is 3. The van der Waals surface area contributed by atoms with Gasteiger partial charge in [-0.25, -0.2) is 8.42 Å². The Morgan fingerprint density at radius 2 is 1.84 bits per heavy atom. The van der Waals surface area contributed by atoms with Crippen molar-refractivity contribution in [1.29, 1.82) is 0 Å². The Kier molecular flexibility index (Phi) is 6.27. The molecule has 1 saturated heterocycles. The van der Waals surface area contributed by atoms with Gasteiger partial charge >= 0.3 is 0 Å². The van der Waals surface area contributed by atoms with E-state index in [4.69, 9.17) is 0 Å². The van der Waals surface area contributed by atoms with E-state index < -0.39 is 10.0 Å². The highest BCUT2D eigenvalue weighted by Crippen LogP contribution is 2.28. The highest BCUT2D eigenvalue weighted by atomic mass is 32.2. The van der Waals surface area contributed by atoms with Crippen LogP contribution in [0, 0.1) is 32.6 Å². The number of carbonyl (C=O) groups excluding carboxylic acids is 1. The first-order chi connectivity index (χ1) is 11.6. The number of benzene rings is 1. The van der Waals surface area contributed by atoms with Gasteiger partial charge in [-0.2, -0.15) is 4.31 Å². The molecule has 1 amide bonds. The molecule has 1 aliphatic heterocycles. The number of piperidine rings is 1. The third-order valence-corrected chi connectivity index (χ3v) is 6.81. The molecule has 0 saturated carbocycles. The maximum Gasteiger partial charge on any atom is 0.243 e. The van der Waals surface area contributed by atoms with Crippen LogP contribution in [0.2, 0.25) is 0 Å². The average Bonchev–Trinajstić information content (AvgIpc) is 2.51. The first-order valence-electron chi connectivity index (χ1n) is 8.98. The number of rotatable bonds is 5. The standard InChI is InChI=1S/C19H30N2O3S/c1-13(2)11-20-19(22)17-7-6-8-21(12-17)25(23,24)18-15(4)9-14(3)10-16(18)5/h9-10,13,17H,6-8,11-12H2,1-5H3,(H,20,22)/t17-/m0/s1. The van der Waals surface area contributed by atoms with Crippen LogP contribution in [0.15, 0.2) is 17.0 Å². The number of sulfonamides is 1. The van der Waals surface area contributed by atoms with E-state index in [1.54, 1.807) is 0 Å². The van der Waals surface area contributed by atoms with Crippen LogP contribution >= 0.6 is 0 Å². The quantitative estimate of drug-likeness (QED) is 0.871. The first kappa shape index (κ1) is 19.9. The summed E-state index contributed by atoms with van der Waals surface area (Å²) < 4.78 is 27.8. The number of nitrogens with one attached hydrogen (secondary N) is 1. The van der Waals surface area contributed by atoms with Crippen LogP contribution in [0.4, 0.5) is 0 Å². The molecule has 1 aliphatic rings. The number of carbonyl (C=O) groups is 1. The molecular weight excluding hydrogens is 336 g/mol. The molecule has 0 unspecified atom stereocenters. The lowest BCUT2D eigenvalue weighted by Gasteiger charge is -2.32. The van der Waals surface area contributed by atoms with Crippen molar-refractivity contribution in [2.75, 3.05) is 19.6 Å². The van der Waals surface area contributed by atoms with E-state index in [-0.39, 0.29) is 18.4 Å². The molecule has 1 aromatic carbocycles. The van der Waals surface area contributed by atoms with Crippen molar-refractivity contribution in [3.8, 4) is 0 Å². The molecule has 2 rings (SSSR count). The van der Waals surface area contributed by atoms with Gasteiger partial charge in [0.15, 0.2) is 0 Å². The largest absolute Gasteiger partial charge is 0.356 e. The first-order valence-corrected chi connectivity index (χ1v) is 10.4. The van der Waals surface area contributed by atoms with Crippen molar-refractivity contribution in [2.24, 2.45) is 11.8 Å². The van der Waals surface area contributed by atoms with E-state index in [2.05, 4.69) is 5.32 Å². The van der Waals surface area contributed by atoms with Crippen molar-refractivity contribution in [3.63, 3.8) is 0 Å². The van der Waals surface area contributed by atoms with Gasteiger partial charge in [-0.1, -0.05) is 31.5 Å². The fraction of sp³-hybridized carbons (Fsp3) is 0.632. The Morgan fingerprint density at radius 3 is 2.40 bits per heavy atom. The molecule has 1 N–H and O–H groups in total. The number of hydrogen-bond acceptors (Lipinski definition) is 3. The van der Waals surface area contributed by atoms with Crippen LogP contribution in [0.3, 0.4) is 0 Å². The molecule has 1 heterocycles. The van der Waals surface area contributed by atoms with E-state index in [9.17, 15) is 13.2 Å². The van der Waals surface area contributed by atoms with Crippen LogP contribution in [0.5, 0.6) is 0 Å². The molecule has 0 spiro atoms. The molecule has 1 atom stereocenters. The van der Waals surface area contributed by atoms with E-state index in [0.717, 1.165) is 23.1 Å². The summed E-state index contributed by atoms with van der Waals surface area (Å²) in [5.41, 5.74) is 2.59. The van der Waals surface area contributed by atoms with Gasteiger partial charge in [0, 0.05) is 19.6 Å². The van der Waals surface area contributed by atoms with Gasteiger partial charge < -0.3 is 5.32 Å². The zero-order chi connectivity index (χ0) is 18.8. The zero-order valence-corrected chi connectivity index (χ0v) is 16.7. The molecule has 0 bridgehead atoms. The van der Waals surface area contributed by atoms with Gasteiger partial charge in [-0.05, 0) is 50.7 Å². The van der Waals surface area contributed by atoms with E-state index in [1.807, 2.05) is 46.8 Å². The second-order valence-electron chi connectivity index (χ2n) is 7.57. The third kappa shape index (κ3) is 4.61. The van der Waals surface area contributed by atoms with Crippen LogP contribution in [0.1, 0.15) is 43.4 Å². The molecule has 0 radical (unpaired) electrons. The summed E-state index contributed by atoms with van der Waals surface area (Å²) in [6.45, 7) is 11.1. The average molecular weight is 367 g/mol. The van der Waals surface area contributed by atoms with Crippen LogP contribution in [-0.4, -0.2) is 38.3 Å².